The van der Waals surface area contributed by atoms with Crippen LogP contribution in [0.5, 0.6) is 0 Å². The fourth-order valence-electron chi connectivity index (χ4n) is 2.18. The van der Waals surface area contributed by atoms with Crippen LogP contribution in [0.4, 0.5) is 5.95 Å². The molecule has 3 rings (SSSR count). The fraction of sp³-hybridized carbons (Fsp3) is 0.182. The van der Waals surface area contributed by atoms with Crippen LogP contribution >= 0.6 is 15.9 Å². The molecule has 0 saturated carbocycles. The fourth-order valence-corrected chi connectivity index (χ4v) is 2.68. The third-order valence-corrected chi connectivity index (χ3v) is 3.63. The number of nitrogen functional groups attached to an aromatic ring is 1. The first-order chi connectivity index (χ1) is 9.41. The van der Waals surface area contributed by atoms with Gasteiger partial charge in [-0.1, -0.05) is 0 Å². The number of halogens is 1. The Balaban J connectivity index is 2.04. The topological polar surface area (TPSA) is 124 Å². The minimum Gasteiger partial charge on any atom is -0.369 e. The van der Waals surface area contributed by atoms with Crippen LogP contribution in [0, 0.1) is 0 Å². The molecule has 1 aromatic heterocycles. The Morgan fingerprint density at radius 2 is 2.30 bits per heavy atom. The Bertz CT molecular complexity index is 679. The summed E-state index contributed by atoms with van der Waals surface area (Å²) in [7, 11) is 0. The summed E-state index contributed by atoms with van der Waals surface area (Å²) in [5.74, 6) is -0.901. The first-order valence-corrected chi connectivity index (χ1v) is 6.46. The normalized spacial score (nSPS) is 27.6. The van der Waals surface area contributed by atoms with E-state index in [0.717, 1.165) is 4.90 Å². The maximum absolute atomic E-state index is 12.1. The highest BCUT2D eigenvalue weighted by Crippen LogP contribution is 2.35. The number of hydrogen-bond donors (Lipinski definition) is 4. The van der Waals surface area contributed by atoms with Gasteiger partial charge in [-0.2, -0.15) is 0 Å². The van der Waals surface area contributed by atoms with Crippen LogP contribution in [-0.4, -0.2) is 44.1 Å². The van der Waals surface area contributed by atoms with E-state index in [-0.39, 0.29) is 17.0 Å². The molecule has 2 aliphatic rings. The standard InChI is InChI=1S/C11H10BrN5O3/c12-7-2-11(20)9(19)14-4-6(17(11)8(7)18)1-5-3-15-10(13)16-5/h1-3,20H,4H2,(H,14,19)(H3,13,15,16)/b6-1+/t11-/m1/s1. The van der Waals surface area contributed by atoms with Gasteiger partial charge in [-0.25, -0.2) is 4.98 Å². The van der Waals surface area contributed by atoms with Gasteiger partial charge in [-0.15, -0.1) is 0 Å². The zero-order chi connectivity index (χ0) is 14.5. The lowest BCUT2D eigenvalue weighted by molar-refractivity contribution is -0.159. The van der Waals surface area contributed by atoms with Gasteiger partial charge in [0, 0.05) is 5.70 Å². The van der Waals surface area contributed by atoms with Crippen LogP contribution in [-0.2, 0) is 9.59 Å². The van der Waals surface area contributed by atoms with Gasteiger partial charge in [0.1, 0.15) is 0 Å². The Hall–Kier alpha value is -2.13. The third kappa shape index (κ3) is 1.74. The molecule has 0 radical (unpaired) electrons. The van der Waals surface area contributed by atoms with E-state index in [2.05, 4.69) is 31.2 Å². The second-order valence-electron chi connectivity index (χ2n) is 4.40. The molecule has 8 nitrogen and oxygen atoms in total. The Morgan fingerprint density at radius 3 is 2.95 bits per heavy atom. The van der Waals surface area contributed by atoms with E-state index >= 15 is 0 Å². The summed E-state index contributed by atoms with van der Waals surface area (Å²) in [4.78, 5) is 31.5. The molecule has 0 aliphatic carbocycles. The number of nitrogens with two attached hydrogens (primary N) is 1. The summed E-state index contributed by atoms with van der Waals surface area (Å²) < 4.78 is 0.132. The second kappa shape index (κ2) is 4.18. The molecule has 1 atom stereocenters. The van der Waals surface area contributed by atoms with Crippen molar-refractivity contribution in [3.63, 3.8) is 0 Å². The van der Waals surface area contributed by atoms with E-state index in [0.29, 0.717) is 11.4 Å². The van der Waals surface area contributed by atoms with E-state index in [1.807, 2.05) is 0 Å². The van der Waals surface area contributed by atoms with E-state index < -0.39 is 17.5 Å². The first-order valence-electron chi connectivity index (χ1n) is 5.66. The van der Waals surface area contributed by atoms with Crippen LogP contribution in [0.2, 0.25) is 0 Å². The molecular weight excluding hydrogens is 330 g/mol. The predicted octanol–water partition coefficient (Wildman–Crippen LogP) is -0.728. The smallest absolute Gasteiger partial charge is 0.278 e. The zero-order valence-corrected chi connectivity index (χ0v) is 11.6. The van der Waals surface area contributed by atoms with Gasteiger partial charge in [-0.05, 0) is 28.1 Å². The van der Waals surface area contributed by atoms with Gasteiger partial charge in [0.25, 0.3) is 11.8 Å². The van der Waals surface area contributed by atoms with Crippen LogP contribution in [0.15, 0.2) is 22.5 Å². The molecule has 9 heteroatoms. The van der Waals surface area contributed by atoms with E-state index in [1.54, 1.807) is 6.08 Å². The number of H-pyrrole nitrogens is 1. The molecule has 1 saturated heterocycles. The average molecular weight is 340 g/mol. The number of aliphatic hydroxyl groups is 1. The van der Waals surface area contributed by atoms with Crippen LogP contribution < -0.4 is 11.1 Å². The highest BCUT2D eigenvalue weighted by Gasteiger charge is 2.53. The van der Waals surface area contributed by atoms with Gasteiger partial charge in [0.15, 0.2) is 5.95 Å². The molecule has 1 aromatic rings. The molecular formula is C11H10BrN5O3. The summed E-state index contributed by atoms with van der Waals surface area (Å²) in [6, 6.07) is 0. The molecule has 0 bridgehead atoms. The molecule has 0 unspecified atom stereocenters. The SMILES string of the molecule is Nc1ncc(/C=C2\CNC(=O)[C@]3(O)C=C(Br)C(=O)N23)[nH]1. The Morgan fingerprint density at radius 1 is 1.55 bits per heavy atom. The lowest BCUT2D eigenvalue weighted by Gasteiger charge is -2.37. The van der Waals surface area contributed by atoms with Crippen molar-refractivity contribution in [1.29, 1.82) is 0 Å². The quantitative estimate of drug-likeness (QED) is 0.537. The second-order valence-corrected chi connectivity index (χ2v) is 5.26. The van der Waals surface area contributed by atoms with Crippen LogP contribution in [0.1, 0.15) is 5.69 Å². The summed E-state index contributed by atoms with van der Waals surface area (Å²) in [5.41, 5.74) is 4.45. The molecule has 104 valence electrons. The lowest BCUT2D eigenvalue weighted by atomic mass is 10.1. The monoisotopic (exact) mass is 339 g/mol. The summed E-state index contributed by atoms with van der Waals surface area (Å²) in [5, 5.41) is 12.9. The largest absolute Gasteiger partial charge is 0.369 e. The number of amides is 2. The number of imidazole rings is 1. The van der Waals surface area contributed by atoms with Gasteiger partial charge >= 0.3 is 0 Å². The van der Waals surface area contributed by atoms with E-state index in [9.17, 15) is 14.7 Å². The van der Waals surface area contributed by atoms with Crippen molar-refractivity contribution in [2.45, 2.75) is 5.72 Å². The molecule has 2 aliphatic heterocycles. The van der Waals surface area contributed by atoms with E-state index in [1.165, 1.54) is 12.3 Å². The Labute approximate surface area is 121 Å². The van der Waals surface area contributed by atoms with E-state index in [4.69, 9.17) is 5.73 Å². The number of fused-ring (bicyclic) bond motifs is 1. The maximum Gasteiger partial charge on any atom is 0.278 e. The number of hydrogen-bond acceptors (Lipinski definition) is 5. The molecule has 0 spiro atoms. The molecule has 0 aromatic carbocycles. The summed E-state index contributed by atoms with van der Waals surface area (Å²) in [6.45, 7) is 0.111. The number of nitrogens with one attached hydrogen (secondary N) is 2. The summed E-state index contributed by atoms with van der Waals surface area (Å²) in [6.07, 6.45) is 4.24. The number of piperazine rings is 1. The van der Waals surface area contributed by atoms with Crippen LogP contribution in [0.3, 0.4) is 0 Å². The van der Waals surface area contributed by atoms with Crippen molar-refractivity contribution in [3.8, 4) is 0 Å². The van der Waals surface area contributed by atoms with Gasteiger partial charge in [0.2, 0.25) is 5.72 Å². The molecule has 2 amide bonds. The molecule has 5 N–H and O–H groups in total. The van der Waals surface area contributed by atoms with Gasteiger partial charge in [0.05, 0.1) is 22.9 Å². The summed E-state index contributed by atoms with van der Waals surface area (Å²) >= 11 is 3.04. The number of anilines is 1. The van der Waals surface area contributed by atoms with Crippen molar-refractivity contribution >= 4 is 39.8 Å². The van der Waals surface area contributed by atoms with Gasteiger partial charge in [-0.3, -0.25) is 14.5 Å². The minimum absolute atomic E-state index is 0.111. The van der Waals surface area contributed by atoms with Crippen molar-refractivity contribution < 1.29 is 14.7 Å². The highest BCUT2D eigenvalue weighted by molar-refractivity contribution is 9.12. The number of carbonyl (C=O) groups is 2. The zero-order valence-electron chi connectivity index (χ0n) is 10.1. The number of carbonyl (C=O) groups excluding carboxylic acids is 2. The average Bonchev–Trinajstić information content (AvgIpc) is 2.88. The van der Waals surface area contributed by atoms with Crippen molar-refractivity contribution in [2.24, 2.45) is 0 Å². The lowest BCUT2D eigenvalue weighted by Crippen LogP contribution is -2.61. The third-order valence-electron chi connectivity index (χ3n) is 3.06. The van der Waals surface area contributed by atoms with Crippen molar-refractivity contribution in [1.82, 2.24) is 20.2 Å². The number of aromatic amines is 1. The van der Waals surface area contributed by atoms with Crippen molar-refractivity contribution in [2.75, 3.05) is 12.3 Å². The predicted molar refractivity (Wildman–Crippen MR) is 72.8 cm³/mol. The number of aromatic nitrogens is 2. The molecule has 20 heavy (non-hydrogen) atoms. The number of nitrogens with zero attached hydrogens (tertiary/aromatic N) is 2. The molecule has 3 heterocycles. The first kappa shape index (κ1) is 12.9. The van der Waals surface area contributed by atoms with Crippen molar-refractivity contribution in [3.05, 3.63) is 28.1 Å². The maximum atomic E-state index is 12.1. The van der Waals surface area contributed by atoms with Crippen LogP contribution in [0.25, 0.3) is 6.08 Å². The number of rotatable bonds is 1. The minimum atomic E-state index is -2.01. The highest BCUT2D eigenvalue weighted by atomic mass is 79.9. The Kier molecular flexibility index (Phi) is 2.69. The van der Waals surface area contributed by atoms with Gasteiger partial charge < -0.3 is 21.1 Å². The molecule has 1 fully saturated rings.